The summed E-state index contributed by atoms with van der Waals surface area (Å²) in [5, 5.41) is 15.0. The Morgan fingerprint density at radius 1 is 1.32 bits per heavy atom. The first-order valence-electron chi connectivity index (χ1n) is 6.84. The van der Waals surface area contributed by atoms with Crippen LogP contribution in [0.4, 0.5) is 9.93 Å². The van der Waals surface area contributed by atoms with Gasteiger partial charge in [-0.3, -0.25) is 10.2 Å². The summed E-state index contributed by atoms with van der Waals surface area (Å²) in [6.45, 7) is 4.16. The van der Waals surface area contributed by atoms with Crippen LogP contribution in [0, 0.1) is 6.92 Å². The van der Waals surface area contributed by atoms with Gasteiger partial charge in [-0.05, 0) is 32.7 Å². The molecule has 19 heavy (non-hydrogen) atoms. The number of carbonyl (C=O) groups excluding carboxylic acids is 1. The molecule has 0 aromatic carbocycles. The number of nitrogens with one attached hydrogen (secondary N) is 2. The Labute approximate surface area is 116 Å². The molecule has 1 aromatic rings. The molecule has 1 aromatic heterocycles. The van der Waals surface area contributed by atoms with Crippen LogP contribution in [0.2, 0.25) is 0 Å². The van der Waals surface area contributed by atoms with Crippen LogP contribution in [0.3, 0.4) is 0 Å². The molecule has 2 fully saturated rings. The molecule has 104 valence electrons. The maximum absolute atomic E-state index is 12.0. The number of urea groups is 1. The fourth-order valence-electron chi connectivity index (χ4n) is 3.06. The number of aryl methyl sites for hydroxylation is 1. The lowest BCUT2D eigenvalue weighted by Gasteiger charge is -2.32. The highest BCUT2D eigenvalue weighted by molar-refractivity contribution is 7.15. The zero-order chi connectivity index (χ0) is 13.2. The summed E-state index contributed by atoms with van der Waals surface area (Å²) < 4.78 is 0. The van der Waals surface area contributed by atoms with E-state index in [0.717, 1.165) is 18.0 Å². The van der Waals surface area contributed by atoms with Gasteiger partial charge in [0, 0.05) is 18.6 Å². The van der Waals surface area contributed by atoms with Crippen molar-refractivity contribution in [2.75, 3.05) is 18.4 Å². The molecule has 2 amide bonds. The van der Waals surface area contributed by atoms with Crippen LogP contribution in [0.5, 0.6) is 0 Å². The molecule has 2 aliphatic rings. The van der Waals surface area contributed by atoms with Gasteiger partial charge in [0.25, 0.3) is 0 Å². The largest absolute Gasteiger partial charge is 0.333 e. The van der Waals surface area contributed by atoms with Gasteiger partial charge in [0.1, 0.15) is 5.01 Å². The van der Waals surface area contributed by atoms with E-state index in [2.05, 4.69) is 25.7 Å². The fraction of sp³-hybridized carbons (Fsp3) is 0.750. The molecule has 0 bridgehead atoms. The number of hydrogen-bond donors (Lipinski definition) is 2. The number of fused-ring (bicyclic) bond motifs is 1. The molecule has 2 saturated heterocycles. The number of nitrogens with zero attached hydrogens (tertiary/aromatic N) is 3. The summed E-state index contributed by atoms with van der Waals surface area (Å²) >= 11 is 1.39. The van der Waals surface area contributed by atoms with Crippen molar-refractivity contribution in [3.63, 3.8) is 0 Å². The third-order valence-corrected chi connectivity index (χ3v) is 4.67. The highest BCUT2D eigenvalue weighted by Crippen LogP contribution is 2.27. The molecule has 2 aliphatic heterocycles. The Balaban J connectivity index is 1.54. The first-order valence-corrected chi connectivity index (χ1v) is 7.66. The third kappa shape index (κ3) is 2.87. The van der Waals surface area contributed by atoms with Crippen molar-refractivity contribution in [2.45, 2.75) is 44.7 Å². The topological polar surface area (TPSA) is 70.1 Å². The van der Waals surface area contributed by atoms with Gasteiger partial charge in [-0.1, -0.05) is 17.8 Å². The number of aromatic nitrogens is 2. The van der Waals surface area contributed by atoms with Gasteiger partial charge in [-0.25, -0.2) is 4.79 Å². The Morgan fingerprint density at radius 2 is 2.21 bits per heavy atom. The SMILES string of the molecule is Cc1nnc(NC(=O)N[C@H]2CCN3CCCC[C@@H]23)s1. The summed E-state index contributed by atoms with van der Waals surface area (Å²) in [6, 6.07) is 0.638. The smallest absolute Gasteiger partial charge is 0.321 e. The van der Waals surface area contributed by atoms with Crippen molar-refractivity contribution in [2.24, 2.45) is 0 Å². The second-order valence-electron chi connectivity index (χ2n) is 5.22. The number of anilines is 1. The fourth-order valence-corrected chi connectivity index (χ4v) is 3.65. The van der Waals surface area contributed by atoms with Crippen LogP contribution in [0.25, 0.3) is 0 Å². The number of carbonyl (C=O) groups is 1. The van der Waals surface area contributed by atoms with Crippen LogP contribution in [-0.4, -0.2) is 46.3 Å². The normalized spacial score (nSPS) is 27.0. The van der Waals surface area contributed by atoms with Gasteiger partial charge in [0.15, 0.2) is 0 Å². The lowest BCUT2D eigenvalue weighted by atomic mass is 9.99. The van der Waals surface area contributed by atoms with E-state index in [1.54, 1.807) is 0 Å². The standard InChI is InChI=1S/C12H19N5OS/c1-8-15-16-12(19-8)14-11(18)13-9-5-7-17-6-3-2-4-10(9)17/h9-10H,2-7H2,1H3,(H2,13,14,16,18)/t9-,10-/m0/s1. The zero-order valence-corrected chi connectivity index (χ0v) is 11.9. The second-order valence-corrected chi connectivity index (χ2v) is 6.40. The molecular formula is C12H19N5OS. The Hall–Kier alpha value is -1.21. The summed E-state index contributed by atoms with van der Waals surface area (Å²) in [7, 11) is 0. The van der Waals surface area contributed by atoms with E-state index in [1.807, 2.05) is 6.92 Å². The van der Waals surface area contributed by atoms with Gasteiger partial charge in [0.05, 0.1) is 0 Å². The Morgan fingerprint density at radius 3 is 3.00 bits per heavy atom. The Kier molecular flexibility index (Phi) is 3.65. The van der Waals surface area contributed by atoms with Gasteiger partial charge < -0.3 is 5.32 Å². The summed E-state index contributed by atoms with van der Waals surface area (Å²) in [6.07, 6.45) is 4.81. The van der Waals surface area contributed by atoms with E-state index >= 15 is 0 Å². The summed E-state index contributed by atoms with van der Waals surface area (Å²) in [5.74, 6) is 0. The van der Waals surface area contributed by atoms with E-state index in [0.29, 0.717) is 11.2 Å². The maximum atomic E-state index is 12.0. The van der Waals surface area contributed by atoms with E-state index in [9.17, 15) is 4.79 Å². The Bertz CT molecular complexity index is 463. The first kappa shape index (κ1) is 12.8. The highest BCUT2D eigenvalue weighted by Gasteiger charge is 2.36. The van der Waals surface area contributed by atoms with Crippen LogP contribution in [0.1, 0.15) is 30.7 Å². The lowest BCUT2D eigenvalue weighted by Crippen LogP contribution is -2.47. The van der Waals surface area contributed by atoms with Gasteiger partial charge >= 0.3 is 6.03 Å². The minimum atomic E-state index is -0.159. The third-order valence-electron chi connectivity index (χ3n) is 3.92. The highest BCUT2D eigenvalue weighted by atomic mass is 32.1. The van der Waals surface area contributed by atoms with Gasteiger partial charge in [0.2, 0.25) is 5.13 Å². The number of rotatable bonds is 2. The van der Waals surface area contributed by atoms with Crippen molar-refractivity contribution >= 4 is 22.5 Å². The van der Waals surface area contributed by atoms with Crippen molar-refractivity contribution in [1.29, 1.82) is 0 Å². The predicted molar refractivity (Wildman–Crippen MR) is 74.4 cm³/mol. The average molecular weight is 281 g/mol. The minimum absolute atomic E-state index is 0.159. The molecule has 6 nitrogen and oxygen atoms in total. The molecule has 3 heterocycles. The molecule has 0 spiro atoms. The monoisotopic (exact) mass is 281 g/mol. The van der Waals surface area contributed by atoms with E-state index < -0.39 is 0 Å². The molecule has 0 radical (unpaired) electrons. The van der Waals surface area contributed by atoms with Crippen LogP contribution in [-0.2, 0) is 0 Å². The molecular weight excluding hydrogens is 262 g/mol. The minimum Gasteiger partial charge on any atom is -0.333 e. The lowest BCUT2D eigenvalue weighted by molar-refractivity contribution is 0.180. The maximum Gasteiger partial charge on any atom is 0.321 e. The molecule has 3 rings (SSSR count). The molecule has 0 saturated carbocycles. The summed E-state index contributed by atoms with van der Waals surface area (Å²) in [4.78, 5) is 14.5. The zero-order valence-electron chi connectivity index (χ0n) is 11.1. The first-order chi connectivity index (χ1) is 9.22. The molecule has 2 N–H and O–H groups in total. The van der Waals surface area contributed by atoms with Crippen molar-refractivity contribution < 1.29 is 4.79 Å². The summed E-state index contributed by atoms with van der Waals surface area (Å²) in [5.41, 5.74) is 0. The molecule has 7 heteroatoms. The van der Waals surface area contributed by atoms with Crippen LogP contribution in [0.15, 0.2) is 0 Å². The van der Waals surface area contributed by atoms with Crippen molar-refractivity contribution in [3.05, 3.63) is 5.01 Å². The van der Waals surface area contributed by atoms with Crippen molar-refractivity contribution in [3.8, 4) is 0 Å². The van der Waals surface area contributed by atoms with E-state index in [4.69, 9.17) is 0 Å². The molecule has 0 aliphatic carbocycles. The number of hydrogen-bond acceptors (Lipinski definition) is 5. The predicted octanol–water partition coefficient (Wildman–Crippen LogP) is 1.59. The number of piperidine rings is 1. The molecule has 0 unspecified atom stereocenters. The van der Waals surface area contributed by atoms with Gasteiger partial charge in [-0.15, -0.1) is 10.2 Å². The average Bonchev–Trinajstić information content (AvgIpc) is 2.97. The van der Waals surface area contributed by atoms with E-state index in [-0.39, 0.29) is 12.1 Å². The van der Waals surface area contributed by atoms with E-state index in [1.165, 1.54) is 37.1 Å². The number of amides is 2. The van der Waals surface area contributed by atoms with Crippen LogP contribution >= 0.6 is 11.3 Å². The van der Waals surface area contributed by atoms with Gasteiger partial charge in [-0.2, -0.15) is 0 Å². The van der Waals surface area contributed by atoms with Crippen molar-refractivity contribution in [1.82, 2.24) is 20.4 Å². The molecule has 2 atom stereocenters. The second kappa shape index (κ2) is 5.42. The quantitative estimate of drug-likeness (QED) is 0.864. The van der Waals surface area contributed by atoms with Crippen LogP contribution < -0.4 is 10.6 Å².